The van der Waals surface area contributed by atoms with Crippen LogP contribution < -0.4 is 5.84 Å². The molecular weight excluding hydrogens is 308 g/mol. The number of aliphatic hydroxyl groups is 3. The van der Waals surface area contributed by atoms with Crippen molar-refractivity contribution in [3.63, 3.8) is 0 Å². The Morgan fingerprint density at radius 2 is 1.65 bits per heavy atom. The third-order valence-corrected chi connectivity index (χ3v) is 3.50. The standard InChI is InChI=1S/C10H14N2O.C4H6O6/c1-12(11)9-6-7-4-2-3-5-8(7)10(9)13;5-1(3(7)8)2(6)4(9)10/h2-5,9-10,13H,6,11H2,1H3;1-2,5-6H,(H,7,8)(H,9,10)/t9-,10-;/m0./s1. The van der Waals surface area contributed by atoms with Crippen molar-refractivity contribution >= 4 is 11.9 Å². The maximum Gasteiger partial charge on any atom is 0.335 e. The summed E-state index contributed by atoms with van der Waals surface area (Å²) in [5.74, 6) is 2.10. The number of benzene rings is 1. The van der Waals surface area contributed by atoms with E-state index in [1.807, 2.05) is 24.3 Å². The summed E-state index contributed by atoms with van der Waals surface area (Å²) in [6.07, 6.45) is -4.13. The Balaban J connectivity index is 0.000000241. The summed E-state index contributed by atoms with van der Waals surface area (Å²) in [6, 6.07) is 7.97. The molecule has 128 valence electrons. The van der Waals surface area contributed by atoms with Crippen LogP contribution in [-0.2, 0) is 16.0 Å². The number of nitrogens with two attached hydrogens (primary N) is 1. The molecule has 2 rings (SSSR count). The summed E-state index contributed by atoms with van der Waals surface area (Å²) in [6.45, 7) is 0. The molecule has 9 heteroatoms. The average molecular weight is 328 g/mol. The van der Waals surface area contributed by atoms with Gasteiger partial charge in [0.2, 0.25) is 0 Å². The highest BCUT2D eigenvalue weighted by atomic mass is 16.4. The Hall–Kier alpha value is -2.04. The van der Waals surface area contributed by atoms with Crippen molar-refractivity contribution in [1.29, 1.82) is 0 Å². The van der Waals surface area contributed by atoms with Crippen LogP contribution in [0.2, 0.25) is 0 Å². The fraction of sp³-hybridized carbons (Fsp3) is 0.429. The quantitative estimate of drug-likeness (QED) is 0.280. The number of likely N-dealkylation sites (N-methyl/N-ethyl adjacent to an activating group) is 1. The largest absolute Gasteiger partial charge is 0.479 e. The predicted octanol–water partition coefficient (Wildman–Crippen LogP) is -1.67. The SMILES string of the molecule is CN(N)[C@H]1Cc2ccccc2[C@@H]1O.O=C(O)C(O)C(O)C(=O)O. The lowest BCUT2D eigenvalue weighted by atomic mass is 10.1. The number of fused-ring (bicyclic) bond motifs is 1. The molecule has 0 fully saturated rings. The molecule has 0 radical (unpaired) electrons. The molecule has 0 aliphatic heterocycles. The van der Waals surface area contributed by atoms with E-state index >= 15 is 0 Å². The van der Waals surface area contributed by atoms with Gasteiger partial charge in [-0.25, -0.2) is 14.6 Å². The van der Waals surface area contributed by atoms with Crippen LogP contribution in [0.4, 0.5) is 0 Å². The lowest BCUT2D eigenvalue weighted by Gasteiger charge is -2.21. The van der Waals surface area contributed by atoms with E-state index < -0.39 is 30.3 Å². The number of carboxylic acid groups (broad SMARTS) is 2. The van der Waals surface area contributed by atoms with Gasteiger partial charge in [0.05, 0.1) is 12.1 Å². The van der Waals surface area contributed by atoms with Crippen LogP contribution in [0, 0.1) is 0 Å². The number of hydrazine groups is 1. The molecule has 0 aromatic heterocycles. The zero-order valence-electron chi connectivity index (χ0n) is 12.4. The average Bonchev–Trinajstić information content (AvgIpc) is 2.84. The highest BCUT2D eigenvalue weighted by Gasteiger charge is 2.32. The Bertz CT molecular complexity index is 546. The van der Waals surface area contributed by atoms with Gasteiger partial charge in [0, 0.05) is 7.05 Å². The molecule has 0 bridgehead atoms. The number of hydrogen-bond donors (Lipinski definition) is 6. The van der Waals surface area contributed by atoms with Crippen molar-refractivity contribution in [2.24, 2.45) is 5.84 Å². The maximum atomic E-state index is 9.89. The van der Waals surface area contributed by atoms with Gasteiger partial charge >= 0.3 is 11.9 Å². The van der Waals surface area contributed by atoms with E-state index in [2.05, 4.69) is 0 Å². The van der Waals surface area contributed by atoms with Crippen molar-refractivity contribution < 1.29 is 35.1 Å². The van der Waals surface area contributed by atoms with Gasteiger partial charge in [-0.15, -0.1) is 0 Å². The van der Waals surface area contributed by atoms with Crippen molar-refractivity contribution in [3.05, 3.63) is 35.4 Å². The summed E-state index contributed by atoms with van der Waals surface area (Å²) >= 11 is 0. The Kier molecular flexibility index (Phi) is 6.61. The van der Waals surface area contributed by atoms with Crippen LogP contribution >= 0.6 is 0 Å². The minimum absolute atomic E-state index is 0.0254. The van der Waals surface area contributed by atoms with E-state index in [1.54, 1.807) is 12.1 Å². The first-order valence-corrected chi connectivity index (χ1v) is 6.72. The van der Waals surface area contributed by atoms with Gasteiger partial charge in [-0.05, 0) is 17.5 Å². The molecular formula is C14H20N2O7. The molecule has 1 aliphatic carbocycles. The van der Waals surface area contributed by atoms with Gasteiger partial charge in [-0.3, -0.25) is 5.84 Å². The van der Waals surface area contributed by atoms with E-state index in [9.17, 15) is 14.7 Å². The van der Waals surface area contributed by atoms with E-state index in [1.165, 1.54) is 5.56 Å². The van der Waals surface area contributed by atoms with E-state index in [-0.39, 0.29) is 6.04 Å². The minimum Gasteiger partial charge on any atom is -0.479 e. The van der Waals surface area contributed by atoms with Crippen LogP contribution in [0.25, 0.3) is 0 Å². The molecule has 23 heavy (non-hydrogen) atoms. The molecule has 2 unspecified atom stereocenters. The van der Waals surface area contributed by atoms with Crippen LogP contribution in [0.15, 0.2) is 24.3 Å². The number of nitrogens with zero attached hydrogens (tertiary/aromatic N) is 1. The predicted molar refractivity (Wildman–Crippen MR) is 78.1 cm³/mol. The van der Waals surface area contributed by atoms with Crippen molar-refractivity contribution in [2.75, 3.05) is 7.05 Å². The van der Waals surface area contributed by atoms with Gasteiger partial charge in [0.15, 0.2) is 12.2 Å². The summed E-state index contributed by atoms with van der Waals surface area (Å²) < 4.78 is 0. The van der Waals surface area contributed by atoms with Gasteiger partial charge < -0.3 is 25.5 Å². The summed E-state index contributed by atoms with van der Waals surface area (Å²) in [5.41, 5.74) is 2.22. The third-order valence-electron chi connectivity index (χ3n) is 3.50. The first kappa shape index (κ1) is 19.0. The molecule has 0 amide bonds. The second-order valence-electron chi connectivity index (χ2n) is 5.15. The first-order valence-electron chi connectivity index (χ1n) is 6.72. The lowest BCUT2D eigenvalue weighted by molar-refractivity contribution is -0.165. The molecule has 9 nitrogen and oxygen atoms in total. The maximum absolute atomic E-state index is 9.89. The van der Waals surface area contributed by atoms with E-state index in [4.69, 9.17) is 26.3 Å². The van der Waals surface area contributed by atoms with Gasteiger partial charge in [-0.1, -0.05) is 24.3 Å². The minimum atomic E-state index is -2.27. The zero-order chi connectivity index (χ0) is 17.7. The highest BCUT2D eigenvalue weighted by Crippen LogP contribution is 2.32. The topological polar surface area (TPSA) is 165 Å². The van der Waals surface area contributed by atoms with Crippen molar-refractivity contribution in [1.82, 2.24) is 5.01 Å². The Labute approximate surface area is 132 Å². The smallest absolute Gasteiger partial charge is 0.335 e. The molecule has 1 aromatic carbocycles. The lowest BCUT2D eigenvalue weighted by Crippen LogP contribution is -2.40. The summed E-state index contributed by atoms with van der Waals surface area (Å²) in [7, 11) is 1.79. The number of carboxylic acids is 2. The molecule has 1 aliphatic rings. The van der Waals surface area contributed by atoms with Gasteiger partial charge in [0.1, 0.15) is 0 Å². The summed E-state index contributed by atoms with van der Waals surface area (Å²) in [4.78, 5) is 19.5. The monoisotopic (exact) mass is 328 g/mol. The van der Waals surface area contributed by atoms with Crippen LogP contribution in [0.3, 0.4) is 0 Å². The van der Waals surface area contributed by atoms with Crippen molar-refractivity contribution in [3.8, 4) is 0 Å². The van der Waals surface area contributed by atoms with Crippen LogP contribution in [0.5, 0.6) is 0 Å². The van der Waals surface area contributed by atoms with Crippen LogP contribution in [-0.4, -0.2) is 67.8 Å². The van der Waals surface area contributed by atoms with Gasteiger partial charge in [0.25, 0.3) is 0 Å². The molecule has 7 N–H and O–H groups in total. The molecule has 1 aromatic rings. The fourth-order valence-corrected chi connectivity index (χ4v) is 2.19. The Morgan fingerprint density at radius 3 is 2.04 bits per heavy atom. The van der Waals surface area contributed by atoms with Gasteiger partial charge in [-0.2, -0.15) is 0 Å². The number of carbonyl (C=O) groups is 2. The highest BCUT2D eigenvalue weighted by molar-refractivity contribution is 5.83. The van der Waals surface area contributed by atoms with Crippen LogP contribution in [0.1, 0.15) is 17.2 Å². The third kappa shape index (κ3) is 4.71. The zero-order valence-corrected chi connectivity index (χ0v) is 12.4. The normalized spacial score (nSPS) is 21.8. The number of rotatable bonds is 4. The number of aliphatic carboxylic acids is 2. The number of aliphatic hydroxyl groups excluding tert-OH is 3. The first-order chi connectivity index (χ1) is 10.7. The molecule has 4 atom stereocenters. The second kappa shape index (κ2) is 7.99. The Morgan fingerprint density at radius 1 is 1.17 bits per heavy atom. The molecule has 0 saturated carbocycles. The molecule has 0 heterocycles. The molecule has 0 spiro atoms. The fourth-order valence-electron chi connectivity index (χ4n) is 2.19. The van der Waals surface area contributed by atoms with E-state index in [0.29, 0.717) is 0 Å². The van der Waals surface area contributed by atoms with E-state index in [0.717, 1.165) is 12.0 Å². The molecule has 0 saturated heterocycles. The second-order valence-corrected chi connectivity index (χ2v) is 5.15. The van der Waals surface area contributed by atoms with Crippen molar-refractivity contribution in [2.45, 2.75) is 30.8 Å². The number of hydrogen-bond acceptors (Lipinski definition) is 7. The summed E-state index contributed by atoms with van der Waals surface area (Å²) in [5, 5.41) is 44.0.